The molecule has 4 rings (SSSR count). The van der Waals surface area contributed by atoms with Crippen molar-refractivity contribution < 1.29 is 29.0 Å². The number of halogens is 1. The largest absolute Gasteiger partial charge is 0.461 e. The van der Waals surface area contributed by atoms with Crippen molar-refractivity contribution in [2.24, 2.45) is 11.8 Å². The molecule has 3 saturated heterocycles. The van der Waals surface area contributed by atoms with Gasteiger partial charge in [0.2, 0.25) is 5.91 Å². The third-order valence-electron chi connectivity index (χ3n) is 8.86. The van der Waals surface area contributed by atoms with E-state index in [4.69, 9.17) is 26.2 Å². The fourth-order valence-corrected chi connectivity index (χ4v) is 7.43. The van der Waals surface area contributed by atoms with E-state index in [1.165, 1.54) is 6.08 Å². The zero-order valence-corrected chi connectivity index (χ0v) is 24.3. The average molecular weight is 573 g/mol. The number of ether oxygens (including phenoxy) is 2. The molecule has 0 saturated carbocycles. The summed E-state index contributed by atoms with van der Waals surface area (Å²) in [5.41, 5.74) is -0.622. The highest BCUT2D eigenvalue weighted by Crippen LogP contribution is 2.64. The molecule has 0 aromatic heterocycles. The number of carbonyl (C=O) groups excluding carboxylic acids is 3. The molecule has 2 bridgehead atoms. The van der Waals surface area contributed by atoms with E-state index in [0.29, 0.717) is 49.4 Å². The lowest BCUT2D eigenvalue weighted by Crippen LogP contribution is -2.56. The zero-order chi connectivity index (χ0) is 29.1. The van der Waals surface area contributed by atoms with E-state index in [2.05, 4.69) is 13.2 Å². The van der Waals surface area contributed by atoms with E-state index < -0.39 is 35.0 Å². The van der Waals surface area contributed by atoms with E-state index in [9.17, 15) is 14.4 Å². The summed E-state index contributed by atoms with van der Waals surface area (Å²) in [5.74, 6) is -2.64. The molecule has 40 heavy (non-hydrogen) atoms. The molecule has 3 aliphatic rings. The van der Waals surface area contributed by atoms with Gasteiger partial charge in [0.1, 0.15) is 24.2 Å². The molecule has 9 heteroatoms. The van der Waals surface area contributed by atoms with Gasteiger partial charge in [0.15, 0.2) is 0 Å². The van der Waals surface area contributed by atoms with Gasteiger partial charge in [-0.3, -0.25) is 14.4 Å². The molecule has 1 N–H and O–H groups in total. The molecule has 3 aliphatic heterocycles. The second kappa shape index (κ2) is 12.5. The van der Waals surface area contributed by atoms with Crippen molar-refractivity contribution >= 4 is 35.1 Å². The topological polar surface area (TPSA) is 96.4 Å². The van der Waals surface area contributed by atoms with Crippen LogP contribution in [-0.2, 0) is 23.9 Å². The Morgan fingerprint density at radius 3 is 2.62 bits per heavy atom. The summed E-state index contributed by atoms with van der Waals surface area (Å²) in [7, 11) is 0. The molecule has 2 unspecified atom stereocenters. The van der Waals surface area contributed by atoms with E-state index >= 15 is 0 Å². The van der Waals surface area contributed by atoms with Crippen LogP contribution in [0.4, 0.5) is 5.69 Å². The minimum Gasteiger partial charge on any atom is -0.461 e. The Kier molecular flexibility index (Phi) is 9.43. The minimum absolute atomic E-state index is 0.0405. The van der Waals surface area contributed by atoms with Crippen LogP contribution in [0, 0.1) is 18.8 Å². The molecule has 8 nitrogen and oxygen atoms in total. The number of rotatable bonds is 14. The number of unbranched alkanes of at least 4 members (excludes halogenated alkanes) is 3. The minimum atomic E-state index is -1.15. The van der Waals surface area contributed by atoms with Gasteiger partial charge in [-0.2, -0.15) is 0 Å². The number of nitrogens with zero attached hydrogens (tertiary/aromatic N) is 2. The number of aliphatic hydroxyl groups excluding tert-OH is 1. The number of fused-ring (bicyclic) bond motifs is 1. The van der Waals surface area contributed by atoms with Gasteiger partial charge in [0, 0.05) is 19.7 Å². The molecule has 2 amide bonds. The summed E-state index contributed by atoms with van der Waals surface area (Å²) in [5, 5.41) is 9.60. The van der Waals surface area contributed by atoms with Crippen molar-refractivity contribution in [2.75, 3.05) is 31.2 Å². The van der Waals surface area contributed by atoms with Crippen LogP contribution in [0.5, 0.6) is 0 Å². The van der Waals surface area contributed by atoms with Gasteiger partial charge < -0.3 is 24.4 Å². The van der Waals surface area contributed by atoms with Crippen molar-refractivity contribution in [2.45, 2.75) is 76.0 Å². The third-order valence-corrected chi connectivity index (χ3v) is 9.16. The summed E-state index contributed by atoms with van der Waals surface area (Å²) in [6.45, 7) is 12.0. The lowest BCUT2D eigenvalue weighted by molar-refractivity contribution is -0.159. The molecule has 218 valence electrons. The first kappa shape index (κ1) is 30.3. The number of para-hydroxylation sites is 1. The summed E-state index contributed by atoms with van der Waals surface area (Å²) < 4.78 is 12.3. The monoisotopic (exact) mass is 572 g/mol. The van der Waals surface area contributed by atoms with E-state index in [1.54, 1.807) is 21.9 Å². The highest BCUT2D eigenvalue weighted by Gasteiger charge is 2.79. The molecule has 5 atom stereocenters. The van der Waals surface area contributed by atoms with Crippen LogP contribution in [0.2, 0.25) is 5.02 Å². The predicted molar refractivity (Wildman–Crippen MR) is 154 cm³/mol. The first-order valence-corrected chi connectivity index (χ1v) is 14.7. The quantitative estimate of drug-likeness (QED) is 0.199. The number of anilines is 1. The highest BCUT2D eigenvalue weighted by molar-refractivity contribution is 6.34. The second-order valence-electron chi connectivity index (χ2n) is 11.1. The Balaban J connectivity index is 1.78. The number of esters is 1. The van der Waals surface area contributed by atoms with Crippen molar-refractivity contribution in [3.63, 3.8) is 0 Å². The standard InChI is InChI=1S/C31H41ClN2O6/c1-5-17-33(25-21(4)13-12-14-22(25)32)28(37)26-31-16-15-30(7-3,40-31)24(29(38)39-20-6-2)23(31)27(36)34(26)18-10-8-9-11-19-35/h5-6,12-14,23-24,26,35H,1-2,7-11,15-20H2,3-4H3/t23-,24-,26?,30+,31?/m0/s1. The first-order valence-electron chi connectivity index (χ1n) is 14.3. The highest BCUT2D eigenvalue weighted by atomic mass is 35.5. The lowest BCUT2D eigenvalue weighted by atomic mass is 9.65. The van der Waals surface area contributed by atoms with Gasteiger partial charge in [-0.25, -0.2) is 0 Å². The van der Waals surface area contributed by atoms with Crippen LogP contribution < -0.4 is 4.90 Å². The second-order valence-corrected chi connectivity index (χ2v) is 11.5. The van der Waals surface area contributed by atoms with Crippen molar-refractivity contribution in [3.05, 3.63) is 54.1 Å². The van der Waals surface area contributed by atoms with Crippen LogP contribution in [0.3, 0.4) is 0 Å². The van der Waals surface area contributed by atoms with Crippen LogP contribution in [-0.4, -0.2) is 71.3 Å². The van der Waals surface area contributed by atoms with Crippen molar-refractivity contribution in [1.29, 1.82) is 0 Å². The van der Waals surface area contributed by atoms with E-state index in [1.807, 2.05) is 26.0 Å². The average Bonchev–Trinajstić information content (AvgIpc) is 3.54. The number of hydrogen-bond acceptors (Lipinski definition) is 6. The zero-order valence-electron chi connectivity index (χ0n) is 23.6. The van der Waals surface area contributed by atoms with E-state index in [0.717, 1.165) is 18.4 Å². The van der Waals surface area contributed by atoms with Crippen LogP contribution in [0.25, 0.3) is 0 Å². The summed E-state index contributed by atoms with van der Waals surface area (Å²) in [4.78, 5) is 45.6. The maximum absolute atomic E-state index is 14.7. The first-order chi connectivity index (χ1) is 19.2. The van der Waals surface area contributed by atoms with Crippen LogP contribution in [0.1, 0.15) is 57.4 Å². The van der Waals surface area contributed by atoms with Gasteiger partial charge in [0.25, 0.3) is 5.91 Å². The van der Waals surface area contributed by atoms with Crippen molar-refractivity contribution in [1.82, 2.24) is 4.90 Å². The number of aliphatic hydroxyl groups is 1. The molecule has 1 aromatic rings. The maximum Gasteiger partial charge on any atom is 0.313 e. The smallest absolute Gasteiger partial charge is 0.313 e. The van der Waals surface area contributed by atoms with Gasteiger partial charge >= 0.3 is 5.97 Å². The summed E-state index contributed by atoms with van der Waals surface area (Å²) >= 11 is 6.62. The fourth-order valence-electron chi connectivity index (χ4n) is 7.11. The fraction of sp³-hybridized carbons (Fsp3) is 0.581. The molecule has 3 heterocycles. The Morgan fingerprint density at radius 1 is 1.23 bits per heavy atom. The van der Waals surface area contributed by atoms with Crippen LogP contribution in [0.15, 0.2) is 43.5 Å². The van der Waals surface area contributed by atoms with Gasteiger partial charge in [-0.05, 0) is 50.7 Å². The Morgan fingerprint density at radius 2 is 1.98 bits per heavy atom. The number of benzene rings is 1. The molecule has 0 radical (unpaired) electrons. The molecule has 3 fully saturated rings. The molecule has 0 aliphatic carbocycles. The van der Waals surface area contributed by atoms with Gasteiger partial charge in [-0.15, -0.1) is 6.58 Å². The number of amides is 2. The van der Waals surface area contributed by atoms with Crippen LogP contribution >= 0.6 is 11.6 Å². The van der Waals surface area contributed by atoms with Gasteiger partial charge in [0.05, 0.1) is 22.2 Å². The number of carbonyl (C=O) groups is 3. The summed E-state index contributed by atoms with van der Waals surface area (Å²) in [6, 6.07) is 4.53. The number of hydrogen-bond donors (Lipinski definition) is 1. The van der Waals surface area contributed by atoms with Crippen molar-refractivity contribution in [3.8, 4) is 0 Å². The summed E-state index contributed by atoms with van der Waals surface area (Å²) in [6.07, 6.45) is 7.67. The Labute approximate surface area is 241 Å². The lowest BCUT2D eigenvalue weighted by Gasteiger charge is -2.37. The third kappa shape index (κ3) is 4.99. The normalized spacial score (nSPS) is 28.4. The maximum atomic E-state index is 14.7. The molecule has 1 spiro atoms. The van der Waals surface area contributed by atoms with E-state index in [-0.39, 0.29) is 31.6 Å². The Bertz CT molecular complexity index is 1140. The SMILES string of the molecule is C=CCOC(=O)[C@@H]1[C@H]2C(=O)N(CCCCCCO)C(C(=O)N(CC=C)c3c(C)cccc3Cl)C23CC[C@@]1(CC)O3. The number of aryl methyl sites for hydroxylation is 1. The van der Waals surface area contributed by atoms with Gasteiger partial charge in [-0.1, -0.05) is 62.2 Å². The molecule has 1 aromatic carbocycles. The number of likely N-dealkylation sites (tertiary alicyclic amines) is 1. The molecular weight excluding hydrogens is 532 g/mol. The molecular formula is C31H41ClN2O6. The predicted octanol–water partition coefficient (Wildman–Crippen LogP) is 4.60. The Hall–Kier alpha value is -2.68.